The molecule has 3 nitrogen and oxygen atoms in total. The predicted octanol–water partition coefficient (Wildman–Crippen LogP) is 2.75. The van der Waals surface area contributed by atoms with Crippen LogP contribution in [-0.2, 0) is 11.0 Å². The molecule has 1 N–H and O–H groups in total. The number of nitrogens with zero attached hydrogens (tertiary/aromatic N) is 1. The van der Waals surface area contributed by atoms with Crippen LogP contribution in [0.1, 0.15) is 36.4 Å². The van der Waals surface area contributed by atoms with Gasteiger partial charge in [0.25, 0.3) is 0 Å². The van der Waals surface area contributed by atoms with Crippen molar-refractivity contribution in [3.05, 3.63) is 35.4 Å². The Morgan fingerprint density at radius 1 is 1.35 bits per heavy atom. The van der Waals surface area contributed by atoms with Gasteiger partial charge in [-0.05, 0) is 37.0 Å². The second kappa shape index (κ2) is 5.83. The van der Waals surface area contributed by atoms with Crippen molar-refractivity contribution in [1.82, 2.24) is 4.90 Å². The summed E-state index contributed by atoms with van der Waals surface area (Å²) in [6.07, 6.45) is -2.11. The first-order valence-electron chi connectivity index (χ1n) is 6.51. The Bertz CT molecular complexity index is 488. The average molecular weight is 287 g/mol. The summed E-state index contributed by atoms with van der Waals surface area (Å²) in [7, 11) is 0. The number of alkyl halides is 3. The summed E-state index contributed by atoms with van der Waals surface area (Å²) in [5, 5.41) is 8.96. The minimum absolute atomic E-state index is 0.384. The molecule has 1 fully saturated rings. The maximum atomic E-state index is 12.7. The minimum atomic E-state index is -4.39. The highest BCUT2D eigenvalue weighted by Gasteiger charge is 2.33. The van der Waals surface area contributed by atoms with Gasteiger partial charge in [-0.25, -0.2) is 0 Å². The van der Waals surface area contributed by atoms with Crippen LogP contribution in [-0.4, -0.2) is 29.1 Å². The van der Waals surface area contributed by atoms with E-state index in [1.165, 1.54) is 11.0 Å². The summed E-state index contributed by atoms with van der Waals surface area (Å²) in [4.78, 5) is 13.2. The molecule has 1 amide bonds. The molecule has 1 heterocycles. The number of likely N-dealkylation sites (tertiary alicyclic amines) is 1. The molecule has 1 aromatic rings. The molecular formula is C14H16F3NO2. The fraction of sp³-hybridized carbons (Fsp3) is 0.500. The highest BCUT2D eigenvalue weighted by Crippen LogP contribution is 2.35. The molecule has 1 atom stereocenters. The average Bonchev–Trinajstić information content (AvgIpc) is 2.45. The number of amides is 1. The van der Waals surface area contributed by atoms with Gasteiger partial charge in [-0.15, -0.1) is 0 Å². The van der Waals surface area contributed by atoms with Crippen LogP contribution >= 0.6 is 0 Å². The molecular weight excluding hydrogens is 271 g/mol. The molecule has 2 rings (SSSR count). The van der Waals surface area contributed by atoms with Crippen molar-refractivity contribution in [3.63, 3.8) is 0 Å². The molecule has 0 spiro atoms. The fourth-order valence-electron chi connectivity index (χ4n) is 2.59. The van der Waals surface area contributed by atoms with Crippen LogP contribution in [0.15, 0.2) is 24.3 Å². The van der Waals surface area contributed by atoms with Gasteiger partial charge < -0.3 is 10.0 Å². The molecule has 0 aliphatic carbocycles. The fourth-order valence-corrected chi connectivity index (χ4v) is 2.59. The molecule has 0 aromatic heterocycles. The van der Waals surface area contributed by atoms with E-state index in [4.69, 9.17) is 5.11 Å². The quantitative estimate of drug-likeness (QED) is 0.908. The Hall–Kier alpha value is -1.56. The number of carbonyl (C=O) groups excluding carboxylic acids is 1. The third kappa shape index (κ3) is 3.12. The topological polar surface area (TPSA) is 40.5 Å². The first kappa shape index (κ1) is 14.8. The van der Waals surface area contributed by atoms with Crippen LogP contribution in [0, 0.1) is 0 Å². The second-order valence-corrected chi connectivity index (χ2v) is 4.88. The van der Waals surface area contributed by atoms with E-state index in [0.717, 1.165) is 25.0 Å². The number of aliphatic hydroxyl groups excluding tert-OH is 1. The third-order valence-corrected chi connectivity index (χ3v) is 3.56. The second-order valence-electron chi connectivity index (χ2n) is 4.88. The maximum Gasteiger partial charge on any atom is 0.416 e. The number of rotatable bonds is 2. The maximum absolute atomic E-state index is 12.7. The van der Waals surface area contributed by atoms with Gasteiger partial charge in [0.2, 0.25) is 5.91 Å². The summed E-state index contributed by atoms with van der Waals surface area (Å²) >= 11 is 0. The van der Waals surface area contributed by atoms with Gasteiger partial charge in [0.15, 0.2) is 0 Å². The van der Waals surface area contributed by atoms with E-state index < -0.39 is 24.3 Å². The van der Waals surface area contributed by atoms with E-state index in [1.54, 1.807) is 6.07 Å². The SMILES string of the molecule is O=C(CO)N1CCCC[C@H]1c1cccc(C(F)(F)F)c1. The van der Waals surface area contributed by atoms with Crippen molar-refractivity contribution in [3.8, 4) is 0 Å². The third-order valence-electron chi connectivity index (χ3n) is 3.56. The van der Waals surface area contributed by atoms with Crippen LogP contribution < -0.4 is 0 Å². The Labute approximate surface area is 115 Å². The van der Waals surface area contributed by atoms with Crippen LogP contribution in [0.5, 0.6) is 0 Å². The van der Waals surface area contributed by atoms with Crippen molar-refractivity contribution in [1.29, 1.82) is 0 Å². The summed E-state index contributed by atoms with van der Waals surface area (Å²) in [5.41, 5.74) is -0.238. The number of hydrogen-bond acceptors (Lipinski definition) is 2. The number of aliphatic hydroxyl groups is 1. The van der Waals surface area contributed by atoms with Crippen molar-refractivity contribution in [2.24, 2.45) is 0 Å². The molecule has 0 radical (unpaired) electrons. The molecule has 110 valence electrons. The lowest BCUT2D eigenvalue weighted by molar-refractivity contribution is -0.138. The summed E-state index contributed by atoms with van der Waals surface area (Å²) in [6.45, 7) is -0.143. The van der Waals surface area contributed by atoms with Crippen LogP contribution in [0.2, 0.25) is 0 Å². The molecule has 6 heteroatoms. The van der Waals surface area contributed by atoms with Crippen LogP contribution in [0.4, 0.5) is 13.2 Å². The molecule has 1 saturated heterocycles. The van der Waals surface area contributed by atoms with Crippen molar-refractivity contribution in [2.75, 3.05) is 13.2 Å². The number of carbonyl (C=O) groups is 1. The van der Waals surface area contributed by atoms with Gasteiger partial charge in [-0.3, -0.25) is 4.79 Å². The predicted molar refractivity (Wildman–Crippen MR) is 66.8 cm³/mol. The highest BCUT2D eigenvalue weighted by atomic mass is 19.4. The number of halogens is 3. The summed E-state index contributed by atoms with van der Waals surface area (Å²) in [5.74, 6) is -0.438. The van der Waals surface area contributed by atoms with Crippen LogP contribution in [0.25, 0.3) is 0 Å². The van der Waals surface area contributed by atoms with E-state index in [-0.39, 0.29) is 6.04 Å². The van der Waals surface area contributed by atoms with E-state index in [2.05, 4.69) is 0 Å². The smallest absolute Gasteiger partial charge is 0.387 e. The highest BCUT2D eigenvalue weighted by molar-refractivity contribution is 5.77. The van der Waals surface area contributed by atoms with E-state index in [9.17, 15) is 18.0 Å². The Morgan fingerprint density at radius 2 is 2.10 bits per heavy atom. The lowest BCUT2D eigenvalue weighted by Gasteiger charge is -2.36. The monoisotopic (exact) mass is 287 g/mol. The molecule has 1 aliphatic rings. The molecule has 1 aromatic carbocycles. The molecule has 1 aliphatic heterocycles. The minimum Gasteiger partial charge on any atom is -0.387 e. The Kier molecular flexibility index (Phi) is 4.32. The van der Waals surface area contributed by atoms with Gasteiger partial charge in [0.1, 0.15) is 6.61 Å². The first-order chi connectivity index (χ1) is 9.43. The number of piperidine rings is 1. The summed E-state index contributed by atoms with van der Waals surface area (Å²) in [6, 6.07) is 4.68. The van der Waals surface area contributed by atoms with Gasteiger partial charge in [0, 0.05) is 6.54 Å². The van der Waals surface area contributed by atoms with Gasteiger partial charge in [0.05, 0.1) is 11.6 Å². The molecule has 0 saturated carbocycles. The lowest BCUT2D eigenvalue weighted by Crippen LogP contribution is -2.40. The normalized spacial score (nSPS) is 20.0. The van der Waals surface area contributed by atoms with Gasteiger partial charge >= 0.3 is 6.18 Å². The van der Waals surface area contributed by atoms with Crippen molar-refractivity contribution in [2.45, 2.75) is 31.5 Å². The Balaban J connectivity index is 2.30. The van der Waals surface area contributed by atoms with Gasteiger partial charge in [-0.1, -0.05) is 12.1 Å². The standard InChI is InChI=1S/C14H16F3NO2/c15-14(16,17)11-5-3-4-10(8-11)12-6-1-2-7-18(12)13(20)9-19/h3-5,8,12,19H,1-2,6-7,9H2/t12-/m0/s1. The zero-order valence-corrected chi connectivity index (χ0v) is 10.9. The molecule has 20 heavy (non-hydrogen) atoms. The van der Waals surface area contributed by atoms with E-state index in [0.29, 0.717) is 18.5 Å². The van der Waals surface area contributed by atoms with E-state index >= 15 is 0 Å². The van der Waals surface area contributed by atoms with E-state index in [1.807, 2.05) is 0 Å². The lowest BCUT2D eigenvalue weighted by atomic mass is 9.94. The number of hydrogen-bond donors (Lipinski definition) is 1. The van der Waals surface area contributed by atoms with Gasteiger partial charge in [-0.2, -0.15) is 13.2 Å². The van der Waals surface area contributed by atoms with Crippen LogP contribution in [0.3, 0.4) is 0 Å². The molecule has 0 unspecified atom stereocenters. The molecule has 0 bridgehead atoms. The Morgan fingerprint density at radius 3 is 2.75 bits per heavy atom. The van der Waals surface area contributed by atoms with Crippen molar-refractivity contribution < 1.29 is 23.1 Å². The van der Waals surface area contributed by atoms with Crippen molar-refractivity contribution >= 4 is 5.91 Å². The first-order valence-corrected chi connectivity index (χ1v) is 6.51. The summed E-state index contributed by atoms with van der Waals surface area (Å²) < 4.78 is 38.2. The largest absolute Gasteiger partial charge is 0.416 e. The zero-order valence-electron chi connectivity index (χ0n) is 10.9. The number of benzene rings is 1. The zero-order chi connectivity index (χ0) is 14.8.